The summed E-state index contributed by atoms with van der Waals surface area (Å²) < 4.78 is 35.8. The van der Waals surface area contributed by atoms with Crippen LogP contribution in [0.4, 0.5) is 0 Å². The van der Waals surface area contributed by atoms with E-state index in [9.17, 15) is 0 Å². The zero-order valence-electron chi connectivity index (χ0n) is 25.2. The zero-order chi connectivity index (χ0) is 26.4. The molecule has 0 saturated heterocycles. The molecule has 6 nitrogen and oxygen atoms in total. The fourth-order valence-corrected chi connectivity index (χ4v) is 14.3. The summed E-state index contributed by atoms with van der Waals surface area (Å²) in [6, 6.07) is 0. The molecule has 0 N–H and O–H groups in total. The molecule has 0 aliphatic rings. The van der Waals surface area contributed by atoms with E-state index in [1.54, 1.807) is 0 Å². The van der Waals surface area contributed by atoms with Gasteiger partial charge in [0.2, 0.25) is 0 Å². The van der Waals surface area contributed by atoms with Crippen molar-refractivity contribution in [1.82, 2.24) is 0 Å². The van der Waals surface area contributed by atoms with Crippen LogP contribution in [0.1, 0.15) is 125 Å². The molecule has 0 aromatic heterocycles. The predicted octanol–water partition coefficient (Wildman–Crippen LogP) is 6.45. The van der Waals surface area contributed by atoms with Crippen LogP contribution < -0.4 is 0 Å². The van der Waals surface area contributed by atoms with Gasteiger partial charge in [0.05, 0.1) is 0 Å². The molecule has 0 fully saturated rings. The first-order valence-corrected chi connectivity index (χ1v) is 21.0. The summed E-state index contributed by atoms with van der Waals surface area (Å²) in [5.41, 5.74) is -1.18. The first kappa shape index (κ1) is 40.4. The fourth-order valence-electron chi connectivity index (χ4n) is 1.63. The Morgan fingerprint density at radius 2 is 0.364 bits per heavy atom. The van der Waals surface area contributed by atoms with Crippen LogP contribution in [0.25, 0.3) is 0 Å². The molecule has 0 amide bonds. The molecule has 33 heavy (non-hydrogen) atoms. The van der Waals surface area contributed by atoms with Crippen LogP contribution in [0.2, 0.25) is 0 Å². The van der Waals surface area contributed by atoms with Crippen LogP contribution in [0, 0.1) is 0 Å². The minimum absolute atomic E-state index is 0. The van der Waals surface area contributed by atoms with Crippen LogP contribution >= 0.6 is 0 Å². The van der Waals surface area contributed by atoms with Gasteiger partial charge in [-0.3, -0.25) is 0 Å². The Kier molecular flexibility index (Phi) is 18.9. The van der Waals surface area contributed by atoms with Crippen molar-refractivity contribution in [2.24, 2.45) is 0 Å². The summed E-state index contributed by atoms with van der Waals surface area (Å²) >= 11 is -5.79. The third-order valence-corrected chi connectivity index (χ3v) is 20.5. The molecule has 4 radical (unpaired) electrons. The summed E-state index contributed by atoms with van der Waals surface area (Å²) in [5, 5.41) is 0. The minimum atomic E-state index is -2.89. The molecule has 0 aliphatic heterocycles. The van der Waals surface area contributed by atoms with Crippen molar-refractivity contribution in [3.63, 3.8) is 0 Å². The largest absolute Gasteiger partial charge is 0 e. The first-order chi connectivity index (χ1) is 13.6. The Bertz CT molecular complexity index is 394. The maximum absolute atomic E-state index is 5.96. The molecule has 0 aromatic rings. The monoisotopic (exact) mass is 894 g/mol. The maximum Gasteiger partial charge on any atom is 0 e. The van der Waals surface area contributed by atoms with E-state index in [-0.39, 0.29) is 71.3 Å². The first-order valence-electron chi connectivity index (χ1n) is 11.4. The van der Waals surface area contributed by atoms with E-state index < -0.39 is 48.1 Å². The van der Waals surface area contributed by atoms with Gasteiger partial charge in [-0.05, 0) is 0 Å². The van der Waals surface area contributed by atoms with Gasteiger partial charge in [0.15, 0.2) is 0 Å². The second-order valence-electron chi connectivity index (χ2n) is 13.8. The topological polar surface area (TPSA) is 55.4 Å². The van der Waals surface area contributed by atoms with Gasteiger partial charge in [0, 0.05) is 37.7 Å². The van der Waals surface area contributed by atoms with Crippen molar-refractivity contribution in [3.8, 4) is 0 Å². The molecule has 0 bridgehead atoms. The van der Waals surface area contributed by atoms with E-state index in [0.29, 0.717) is 0 Å². The van der Waals surface area contributed by atoms with Crippen molar-refractivity contribution < 1.29 is 16.1 Å². The maximum atomic E-state index is 5.96. The Morgan fingerprint density at radius 1 is 0.273 bits per heavy atom. The van der Waals surface area contributed by atoms with Gasteiger partial charge in [-0.2, -0.15) is 0 Å². The molecule has 0 aliphatic carbocycles. The fraction of sp³-hybridized carbons (Fsp3) is 1.00. The van der Waals surface area contributed by atoms with Crippen LogP contribution in [-0.4, -0.2) is 119 Å². The number of rotatable bonds is 6. The van der Waals surface area contributed by atoms with E-state index in [1.807, 2.05) is 125 Å². The van der Waals surface area contributed by atoms with E-state index in [2.05, 4.69) is 0 Å². The predicted molar refractivity (Wildman–Crippen MR) is 142 cm³/mol. The molecule has 0 unspecified atom stereocenters. The molecule has 0 rings (SSSR count). The molecule has 0 spiro atoms. The summed E-state index contributed by atoms with van der Waals surface area (Å²) in [6.45, 7) is 36.7. The third-order valence-electron chi connectivity index (χ3n) is 2.34. The van der Waals surface area contributed by atoms with Gasteiger partial charge in [0.25, 0.3) is 0 Å². The van der Waals surface area contributed by atoms with E-state index in [4.69, 9.17) is 16.1 Å². The summed E-state index contributed by atoms with van der Waals surface area (Å²) in [6.07, 6.45) is 0. The molecule has 9 heteroatoms. The molecule has 196 valence electrons. The summed E-state index contributed by atoms with van der Waals surface area (Å²) in [5.74, 6) is 0. The van der Waals surface area contributed by atoms with Crippen molar-refractivity contribution in [2.75, 3.05) is 0 Å². The van der Waals surface area contributed by atoms with Crippen LogP contribution in [0.3, 0.4) is 0 Å². The standard InChI is InChI=1S/6C4H9O.Ca.2Pb/c6*1-4(2,3)5;;;/h6*1-3H3;;;/q6*-1;;2*+3. The molecule has 0 heterocycles. The van der Waals surface area contributed by atoms with Gasteiger partial charge in [-0.1, -0.05) is 0 Å². The second kappa shape index (κ2) is 15.5. The van der Waals surface area contributed by atoms with Crippen molar-refractivity contribution in [2.45, 2.75) is 158 Å². The van der Waals surface area contributed by atoms with E-state index >= 15 is 0 Å². The summed E-state index contributed by atoms with van der Waals surface area (Å²) in [7, 11) is 0. The quantitative estimate of drug-likeness (QED) is 0.286. The van der Waals surface area contributed by atoms with Gasteiger partial charge >= 0.3 is 222 Å². The van der Waals surface area contributed by atoms with Gasteiger partial charge < -0.3 is 0 Å². The smallest absolute Gasteiger partial charge is 0 e. The molecule has 0 atom stereocenters. The average molecular weight is 893 g/mol. The van der Waals surface area contributed by atoms with Gasteiger partial charge in [-0.15, -0.1) is 0 Å². The minimum Gasteiger partial charge on any atom is 0 e. The summed E-state index contributed by atoms with van der Waals surface area (Å²) in [4.78, 5) is 0. The van der Waals surface area contributed by atoms with E-state index in [1.165, 1.54) is 0 Å². The number of hydrogen-bond acceptors (Lipinski definition) is 6. The normalized spacial score (nSPS) is 14.2. The second-order valence-corrected chi connectivity index (χ2v) is 22.4. The molecule has 0 aromatic carbocycles. The molecular weight excluding hydrogens is 839 g/mol. The van der Waals surface area contributed by atoms with Gasteiger partial charge in [-0.25, -0.2) is 0 Å². The Labute approximate surface area is 257 Å². The van der Waals surface area contributed by atoms with Gasteiger partial charge in [0.1, 0.15) is 0 Å². The van der Waals surface area contributed by atoms with Crippen molar-refractivity contribution >= 4 is 85.9 Å². The Hall–Kier alpha value is 2.86. The van der Waals surface area contributed by atoms with Crippen molar-refractivity contribution in [1.29, 1.82) is 0 Å². The average Bonchev–Trinajstić information content (AvgIpc) is 2.24. The number of hydrogen-bond donors (Lipinski definition) is 0. The third kappa shape index (κ3) is 34.9. The van der Waals surface area contributed by atoms with Crippen molar-refractivity contribution in [3.05, 3.63) is 0 Å². The van der Waals surface area contributed by atoms with Crippen LogP contribution in [0.15, 0.2) is 0 Å². The Morgan fingerprint density at radius 3 is 0.424 bits per heavy atom. The van der Waals surface area contributed by atoms with Crippen LogP contribution in [0.5, 0.6) is 0 Å². The zero-order valence-corrected chi connectivity index (χ0v) is 35.1. The van der Waals surface area contributed by atoms with Crippen LogP contribution in [-0.2, 0) is 16.1 Å². The Balaban J connectivity index is -0.000000529. The molecule has 0 saturated carbocycles. The molecular formula is C24H54CaO6Pb2. The van der Waals surface area contributed by atoms with E-state index in [0.717, 1.165) is 0 Å². The SMILES string of the molecule is CC(C)(C)[O][Pb]([O]C(C)(C)C)[O]C(C)(C)C.CC(C)(C)[O][Pb]([O]C(C)(C)C)[O]C(C)(C)C.[Ca].